The summed E-state index contributed by atoms with van der Waals surface area (Å²) in [4.78, 5) is 23.5. The second-order valence-corrected chi connectivity index (χ2v) is 5.63. The zero-order chi connectivity index (χ0) is 17.0. The second kappa shape index (κ2) is 7.11. The molecule has 2 rings (SSSR count). The molecule has 2 aromatic carbocycles. The highest BCUT2D eigenvalue weighted by atomic mass is 35.5. The zero-order valence-electron chi connectivity index (χ0n) is 12.8. The highest BCUT2D eigenvalue weighted by Crippen LogP contribution is 2.21. The first-order valence-electron chi connectivity index (χ1n) is 6.96. The highest BCUT2D eigenvalue weighted by molar-refractivity contribution is 6.31. The Bertz CT molecular complexity index is 797. The summed E-state index contributed by atoms with van der Waals surface area (Å²) in [5.74, 6) is -1.51. The Kier molecular flexibility index (Phi) is 5.19. The van der Waals surface area contributed by atoms with Crippen LogP contribution in [0.2, 0.25) is 5.02 Å². The largest absolute Gasteiger partial charge is 0.478 e. The first-order valence-corrected chi connectivity index (χ1v) is 7.34. The predicted octanol–water partition coefficient (Wildman–Crippen LogP) is 4.39. The lowest BCUT2D eigenvalue weighted by Crippen LogP contribution is -2.15. The molecule has 118 valence electrons. The van der Waals surface area contributed by atoms with Gasteiger partial charge < -0.3 is 10.4 Å². The zero-order valence-corrected chi connectivity index (χ0v) is 13.5. The number of carboxylic acid groups (broad SMARTS) is 1. The molecule has 1 amide bonds. The van der Waals surface area contributed by atoms with Crippen molar-refractivity contribution < 1.29 is 14.7 Å². The number of anilines is 1. The van der Waals surface area contributed by atoms with Crippen molar-refractivity contribution in [2.75, 3.05) is 5.32 Å². The molecule has 5 heteroatoms. The number of carboxylic acids is 1. The molecule has 0 aliphatic rings. The number of carbonyl (C=O) groups excluding carboxylic acids is 1. The van der Waals surface area contributed by atoms with Crippen molar-refractivity contribution in [3.05, 3.63) is 69.8 Å². The number of hydrogen-bond donors (Lipinski definition) is 2. The van der Waals surface area contributed by atoms with Gasteiger partial charge in [-0.05, 0) is 43.7 Å². The molecule has 0 aliphatic carbocycles. The van der Waals surface area contributed by atoms with E-state index < -0.39 is 5.97 Å². The lowest BCUT2D eigenvalue weighted by Gasteiger charge is -2.09. The number of aryl methyl sites for hydroxylation is 1. The van der Waals surface area contributed by atoms with Crippen molar-refractivity contribution >= 4 is 35.2 Å². The topological polar surface area (TPSA) is 66.4 Å². The van der Waals surface area contributed by atoms with E-state index in [1.807, 2.05) is 31.2 Å². The minimum absolute atomic E-state index is 0.0470. The molecular weight excluding hydrogens is 314 g/mol. The van der Waals surface area contributed by atoms with Crippen molar-refractivity contribution in [3.8, 4) is 0 Å². The molecule has 23 heavy (non-hydrogen) atoms. The van der Waals surface area contributed by atoms with E-state index in [1.165, 1.54) is 18.2 Å². The minimum Gasteiger partial charge on any atom is -0.478 e. The van der Waals surface area contributed by atoms with Crippen molar-refractivity contribution in [3.63, 3.8) is 0 Å². The van der Waals surface area contributed by atoms with Gasteiger partial charge in [0.1, 0.15) is 0 Å². The molecule has 0 atom stereocenters. The van der Waals surface area contributed by atoms with E-state index in [1.54, 1.807) is 13.0 Å². The SMILES string of the molecule is C/C(=C\c1cccc(C)c1)C(=O)Nc1ccc(Cl)cc1C(=O)O. The molecule has 0 aromatic heterocycles. The van der Waals surface area contributed by atoms with Crippen LogP contribution in [0.5, 0.6) is 0 Å². The summed E-state index contributed by atoms with van der Waals surface area (Å²) in [7, 11) is 0. The Morgan fingerprint density at radius 2 is 1.91 bits per heavy atom. The van der Waals surface area contributed by atoms with Crippen molar-refractivity contribution in [1.29, 1.82) is 0 Å². The lowest BCUT2D eigenvalue weighted by atomic mass is 10.1. The second-order valence-electron chi connectivity index (χ2n) is 5.19. The van der Waals surface area contributed by atoms with E-state index in [2.05, 4.69) is 5.32 Å². The van der Waals surface area contributed by atoms with Gasteiger partial charge in [-0.2, -0.15) is 0 Å². The molecule has 2 aromatic rings. The summed E-state index contributed by atoms with van der Waals surface area (Å²) in [6, 6.07) is 12.1. The Labute approximate surface area is 139 Å². The number of aromatic carboxylic acids is 1. The van der Waals surface area contributed by atoms with Gasteiger partial charge in [-0.25, -0.2) is 4.79 Å². The average molecular weight is 330 g/mol. The van der Waals surface area contributed by atoms with Gasteiger partial charge >= 0.3 is 5.97 Å². The van der Waals surface area contributed by atoms with Crippen LogP contribution in [0.15, 0.2) is 48.0 Å². The molecule has 2 N–H and O–H groups in total. The molecule has 0 heterocycles. The van der Waals surface area contributed by atoms with Crippen LogP contribution in [-0.2, 0) is 4.79 Å². The van der Waals surface area contributed by atoms with E-state index in [-0.39, 0.29) is 17.2 Å². The third-order valence-electron chi connectivity index (χ3n) is 3.24. The highest BCUT2D eigenvalue weighted by Gasteiger charge is 2.14. The third kappa shape index (κ3) is 4.44. The van der Waals surface area contributed by atoms with E-state index >= 15 is 0 Å². The maximum Gasteiger partial charge on any atom is 0.337 e. The van der Waals surface area contributed by atoms with Gasteiger partial charge in [0.2, 0.25) is 0 Å². The standard InChI is InChI=1S/C18H16ClNO3/c1-11-4-3-5-13(8-11)9-12(2)17(21)20-16-7-6-14(19)10-15(16)18(22)23/h3-10H,1-2H3,(H,20,21)(H,22,23)/b12-9+. The summed E-state index contributed by atoms with van der Waals surface area (Å²) >= 11 is 5.79. The van der Waals surface area contributed by atoms with E-state index in [0.29, 0.717) is 10.6 Å². The van der Waals surface area contributed by atoms with Gasteiger partial charge in [0.15, 0.2) is 0 Å². The van der Waals surface area contributed by atoms with Crippen LogP contribution >= 0.6 is 11.6 Å². The summed E-state index contributed by atoms with van der Waals surface area (Å²) in [6.45, 7) is 3.65. The molecule has 0 spiro atoms. The van der Waals surface area contributed by atoms with Gasteiger partial charge in [0.25, 0.3) is 5.91 Å². The summed E-state index contributed by atoms with van der Waals surface area (Å²) in [5, 5.41) is 12.1. The Morgan fingerprint density at radius 3 is 2.57 bits per heavy atom. The van der Waals surface area contributed by atoms with Gasteiger partial charge in [-0.15, -0.1) is 0 Å². The minimum atomic E-state index is -1.15. The lowest BCUT2D eigenvalue weighted by molar-refractivity contribution is -0.112. The monoisotopic (exact) mass is 329 g/mol. The molecule has 0 radical (unpaired) electrons. The number of amides is 1. The normalized spacial score (nSPS) is 11.2. The number of benzene rings is 2. The number of carbonyl (C=O) groups is 2. The van der Waals surface area contributed by atoms with E-state index in [9.17, 15) is 14.7 Å². The molecule has 0 aliphatic heterocycles. The van der Waals surface area contributed by atoms with Crippen LogP contribution < -0.4 is 5.32 Å². The van der Waals surface area contributed by atoms with Crippen LogP contribution in [0.25, 0.3) is 6.08 Å². The number of nitrogens with one attached hydrogen (secondary N) is 1. The molecular formula is C18H16ClNO3. The van der Waals surface area contributed by atoms with Gasteiger partial charge in [0.05, 0.1) is 11.3 Å². The number of halogens is 1. The number of rotatable bonds is 4. The molecule has 0 unspecified atom stereocenters. The quantitative estimate of drug-likeness (QED) is 0.817. The smallest absolute Gasteiger partial charge is 0.337 e. The maximum atomic E-state index is 12.3. The van der Waals surface area contributed by atoms with Crippen molar-refractivity contribution in [1.82, 2.24) is 0 Å². The van der Waals surface area contributed by atoms with Gasteiger partial charge in [-0.1, -0.05) is 41.4 Å². The van der Waals surface area contributed by atoms with Crippen molar-refractivity contribution in [2.45, 2.75) is 13.8 Å². The number of hydrogen-bond acceptors (Lipinski definition) is 2. The first-order chi connectivity index (χ1) is 10.9. The summed E-state index contributed by atoms with van der Waals surface area (Å²) in [6.07, 6.45) is 1.75. The Hall–Kier alpha value is -2.59. The fourth-order valence-corrected chi connectivity index (χ4v) is 2.27. The molecule has 0 fully saturated rings. The van der Waals surface area contributed by atoms with Gasteiger partial charge in [-0.3, -0.25) is 4.79 Å². The van der Waals surface area contributed by atoms with Crippen LogP contribution in [0.4, 0.5) is 5.69 Å². The molecule has 0 bridgehead atoms. The Morgan fingerprint density at radius 1 is 1.17 bits per heavy atom. The summed E-state index contributed by atoms with van der Waals surface area (Å²) < 4.78 is 0. The summed E-state index contributed by atoms with van der Waals surface area (Å²) in [5.41, 5.74) is 2.64. The van der Waals surface area contributed by atoms with Crippen LogP contribution in [0.3, 0.4) is 0 Å². The van der Waals surface area contributed by atoms with Crippen LogP contribution in [0.1, 0.15) is 28.4 Å². The Balaban J connectivity index is 2.23. The van der Waals surface area contributed by atoms with Crippen molar-refractivity contribution in [2.24, 2.45) is 0 Å². The fourth-order valence-electron chi connectivity index (χ4n) is 2.10. The van der Waals surface area contributed by atoms with E-state index in [0.717, 1.165) is 11.1 Å². The fraction of sp³-hybridized carbons (Fsp3) is 0.111. The van der Waals surface area contributed by atoms with E-state index in [4.69, 9.17) is 11.6 Å². The van der Waals surface area contributed by atoms with Gasteiger partial charge in [0, 0.05) is 10.6 Å². The molecule has 0 saturated heterocycles. The third-order valence-corrected chi connectivity index (χ3v) is 3.48. The predicted molar refractivity (Wildman–Crippen MR) is 91.9 cm³/mol. The van der Waals surface area contributed by atoms with Crippen LogP contribution in [-0.4, -0.2) is 17.0 Å². The average Bonchev–Trinajstić information content (AvgIpc) is 2.48. The molecule has 4 nitrogen and oxygen atoms in total. The maximum absolute atomic E-state index is 12.3. The van der Waals surface area contributed by atoms with Crippen LogP contribution in [0, 0.1) is 6.92 Å². The first kappa shape index (κ1) is 16.8. The molecule has 0 saturated carbocycles.